The first kappa shape index (κ1) is 26.6. The van der Waals surface area contributed by atoms with E-state index in [4.69, 9.17) is 4.74 Å². The third-order valence-corrected chi connectivity index (χ3v) is 8.00. The number of pyridine rings is 2. The lowest BCUT2D eigenvalue weighted by atomic mass is 9.93. The zero-order chi connectivity index (χ0) is 27.2. The molecule has 0 aliphatic carbocycles. The smallest absolute Gasteiger partial charge is 0.419 e. The quantitative estimate of drug-likeness (QED) is 0.274. The average molecular weight is 580 g/mol. The summed E-state index contributed by atoms with van der Waals surface area (Å²) in [5.41, 5.74) is 1.93. The van der Waals surface area contributed by atoms with Crippen LogP contribution < -0.4 is 5.56 Å². The van der Waals surface area contributed by atoms with E-state index in [2.05, 4.69) is 45.7 Å². The number of hydrogen-bond acceptors (Lipinski definition) is 5. The number of carbonyl (C=O) groups is 1. The Morgan fingerprint density at radius 1 is 1.11 bits per heavy atom. The first-order chi connectivity index (χ1) is 18.0. The molecular weight excluding hydrogens is 544 g/mol. The van der Waals surface area contributed by atoms with Crippen molar-refractivity contribution in [2.45, 2.75) is 72.2 Å². The number of rotatable bonds is 4. The van der Waals surface area contributed by atoms with Crippen LogP contribution in [0.4, 0.5) is 4.79 Å². The molecule has 0 amide bonds. The largest absolute Gasteiger partial charge is 0.443 e. The summed E-state index contributed by atoms with van der Waals surface area (Å²) in [6, 6.07) is 10.5. The van der Waals surface area contributed by atoms with Crippen LogP contribution in [0.2, 0.25) is 0 Å². The van der Waals surface area contributed by atoms with Crippen molar-refractivity contribution in [3.63, 3.8) is 0 Å². The Kier molecular flexibility index (Phi) is 7.22. The number of nitrogens with zero attached hydrogens (tertiary/aromatic N) is 4. The van der Waals surface area contributed by atoms with Crippen LogP contribution in [-0.4, -0.2) is 43.3 Å². The molecule has 4 aromatic rings. The Hall–Kier alpha value is -2.97. The van der Waals surface area contributed by atoms with Gasteiger partial charge in [-0.2, -0.15) is 0 Å². The van der Waals surface area contributed by atoms with Gasteiger partial charge in [-0.05, 0) is 92.7 Å². The Morgan fingerprint density at radius 2 is 1.89 bits per heavy atom. The first-order valence-corrected chi connectivity index (χ1v) is 14.0. The molecule has 4 heterocycles. The van der Waals surface area contributed by atoms with E-state index in [-0.39, 0.29) is 11.7 Å². The van der Waals surface area contributed by atoms with Gasteiger partial charge >= 0.3 is 6.09 Å². The number of carbonyl (C=O) groups excluding carboxylic acids is 1. The fraction of sp³-hybridized carbons (Fsp3) is 0.433. The van der Waals surface area contributed by atoms with Crippen LogP contribution >= 0.6 is 15.9 Å². The number of halogens is 1. The molecular formula is C30H35BrN4O3. The lowest BCUT2D eigenvalue weighted by molar-refractivity contribution is 0.0529. The van der Waals surface area contributed by atoms with Gasteiger partial charge in [-0.25, -0.2) is 9.36 Å². The van der Waals surface area contributed by atoms with Gasteiger partial charge in [0.25, 0.3) is 5.56 Å². The first-order valence-electron chi connectivity index (χ1n) is 13.2. The second-order valence-electron chi connectivity index (χ2n) is 11.6. The molecule has 0 bridgehead atoms. The van der Waals surface area contributed by atoms with E-state index >= 15 is 0 Å². The summed E-state index contributed by atoms with van der Waals surface area (Å²) < 4.78 is 10.0. The number of benzene rings is 1. The molecule has 0 N–H and O–H groups in total. The molecule has 5 rings (SSSR count). The van der Waals surface area contributed by atoms with Crippen molar-refractivity contribution in [1.82, 2.24) is 19.0 Å². The van der Waals surface area contributed by atoms with Crippen LogP contribution in [0.25, 0.3) is 21.7 Å². The highest BCUT2D eigenvalue weighted by Crippen LogP contribution is 2.28. The highest BCUT2D eigenvalue weighted by atomic mass is 79.9. The fourth-order valence-electron chi connectivity index (χ4n) is 5.43. The van der Waals surface area contributed by atoms with Crippen LogP contribution in [0.1, 0.15) is 58.7 Å². The van der Waals surface area contributed by atoms with E-state index in [0.29, 0.717) is 24.5 Å². The maximum absolute atomic E-state index is 13.5. The Labute approximate surface area is 231 Å². The molecule has 0 radical (unpaired) electrons. The number of likely N-dealkylation sites (tertiary alicyclic amines) is 1. The lowest BCUT2D eigenvalue weighted by Crippen LogP contribution is -2.40. The summed E-state index contributed by atoms with van der Waals surface area (Å²) in [4.78, 5) is 33.3. The molecule has 1 fully saturated rings. The monoisotopic (exact) mass is 578 g/mol. The number of aromatic nitrogens is 3. The zero-order valence-electron chi connectivity index (χ0n) is 22.7. The second-order valence-corrected chi connectivity index (χ2v) is 12.5. The summed E-state index contributed by atoms with van der Waals surface area (Å²) in [6.45, 7) is 12.3. The van der Waals surface area contributed by atoms with E-state index in [1.165, 1.54) is 0 Å². The summed E-state index contributed by atoms with van der Waals surface area (Å²) in [5.74, 6) is 0.718. The third kappa shape index (κ3) is 5.43. The molecule has 1 aromatic carbocycles. The van der Waals surface area contributed by atoms with E-state index in [0.717, 1.165) is 57.3 Å². The molecule has 3 aromatic heterocycles. The van der Waals surface area contributed by atoms with Gasteiger partial charge in [0.2, 0.25) is 0 Å². The Bertz CT molecular complexity index is 1570. The number of hydrogen-bond donors (Lipinski definition) is 0. The van der Waals surface area contributed by atoms with Gasteiger partial charge in [-0.15, -0.1) is 0 Å². The summed E-state index contributed by atoms with van der Waals surface area (Å²) in [7, 11) is 0. The van der Waals surface area contributed by atoms with Gasteiger partial charge in [-0.3, -0.25) is 14.7 Å². The minimum absolute atomic E-state index is 0.104. The minimum Gasteiger partial charge on any atom is -0.443 e. The molecule has 8 heteroatoms. The molecule has 0 saturated carbocycles. The highest BCUT2D eigenvalue weighted by Gasteiger charge is 2.27. The molecule has 38 heavy (non-hydrogen) atoms. The van der Waals surface area contributed by atoms with Crippen LogP contribution in [0.5, 0.6) is 0 Å². The predicted octanol–water partition coefficient (Wildman–Crippen LogP) is 6.57. The SMILES string of the molecule is CC1CCN(Cc2cc3ccc(Cn4ccc5c(Br)cncc5c4=O)cc3n2C(=O)OC(C)(C)C)C(C)C1. The molecule has 1 aliphatic heterocycles. The standard InChI is InChI=1S/C30H35BrN4O3/c1-19-8-10-33(20(2)12-19)18-23-14-22-7-6-21(13-27(22)35(23)29(37)38-30(3,4)5)17-34-11-9-24-25(28(34)36)15-32-16-26(24)31/h6-7,9,11,13-16,19-20H,8,10,12,17-18H2,1-5H3. The van der Waals surface area contributed by atoms with Gasteiger partial charge in [0, 0.05) is 52.1 Å². The Morgan fingerprint density at radius 3 is 2.63 bits per heavy atom. The summed E-state index contributed by atoms with van der Waals surface area (Å²) >= 11 is 3.48. The number of ether oxygens (including phenoxy) is 1. The Balaban J connectivity index is 1.53. The van der Waals surface area contributed by atoms with Crippen LogP contribution in [0.15, 0.2) is 58.2 Å². The van der Waals surface area contributed by atoms with Crippen molar-refractivity contribution in [3.05, 3.63) is 75.0 Å². The van der Waals surface area contributed by atoms with Crippen molar-refractivity contribution < 1.29 is 9.53 Å². The van der Waals surface area contributed by atoms with E-state index < -0.39 is 5.60 Å². The van der Waals surface area contributed by atoms with Crippen LogP contribution in [-0.2, 0) is 17.8 Å². The van der Waals surface area contributed by atoms with Crippen molar-refractivity contribution in [1.29, 1.82) is 0 Å². The maximum Gasteiger partial charge on any atom is 0.419 e. The predicted molar refractivity (Wildman–Crippen MR) is 155 cm³/mol. The fourth-order valence-corrected chi connectivity index (χ4v) is 5.90. The van der Waals surface area contributed by atoms with Crippen molar-refractivity contribution in [2.24, 2.45) is 5.92 Å². The van der Waals surface area contributed by atoms with E-state index in [9.17, 15) is 9.59 Å². The summed E-state index contributed by atoms with van der Waals surface area (Å²) in [6.07, 6.45) is 7.03. The highest BCUT2D eigenvalue weighted by molar-refractivity contribution is 9.10. The van der Waals surface area contributed by atoms with Crippen LogP contribution in [0, 0.1) is 5.92 Å². The van der Waals surface area contributed by atoms with Crippen molar-refractivity contribution in [2.75, 3.05) is 6.54 Å². The average Bonchev–Trinajstić information content (AvgIpc) is 3.19. The molecule has 1 saturated heterocycles. The zero-order valence-corrected chi connectivity index (χ0v) is 24.3. The van der Waals surface area contributed by atoms with E-state index in [1.54, 1.807) is 27.7 Å². The molecule has 7 nitrogen and oxygen atoms in total. The van der Waals surface area contributed by atoms with Crippen molar-refractivity contribution in [3.8, 4) is 0 Å². The normalized spacial score (nSPS) is 18.8. The van der Waals surface area contributed by atoms with Crippen molar-refractivity contribution >= 4 is 43.7 Å². The maximum atomic E-state index is 13.5. The lowest BCUT2D eigenvalue weighted by Gasteiger charge is -2.36. The minimum atomic E-state index is -0.614. The summed E-state index contributed by atoms with van der Waals surface area (Å²) in [5, 5.41) is 2.38. The molecule has 2 atom stereocenters. The topological polar surface area (TPSA) is 69.4 Å². The molecule has 1 aliphatic rings. The van der Waals surface area contributed by atoms with E-state index in [1.807, 2.05) is 45.0 Å². The number of fused-ring (bicyclic) bond motifs is 2. The van der Waals surface area contributed by atoms with Gasteiger partial charge in [0.1, 0.15) is 5.60 Å². The number of piperidine rings is 1. The van der Waals surface area contributed by atoms with Gasteiger partial charge in [-0.1, -0.05) is 19.1 Å². The van der Waals surface area contributed by atoms with Gasteiger partial charge in [0.15, 0.2) is 0 Å². The van der Waals surface area contributed by atoms with Gasteiger partial charge in [0.05, 0.1) is 17.4 Å². The molecule has 200 valence electrons. The molecule has 2 unspecified atom stereocenters. The van der Waals surface area contributed by atoms with Crippen LogP contribution in [0.3, 0.4) is 0 Å². The van der Waals surface area contributed by atoms with Gasteiger partial charge < -0.3 is 9.30 Å². The second kappa shape index (κ2) is 10.3. The molecule has 0 spiro atoms. The third-order valence-electron chi connectivity index (χ3n) is 7.37.